The Morgan fingerprint density at radius 2 is 1.82 bits per heavy atom. The van der Waals surface area contributed by atoms with Crippen LogP contribution in [0.1, 0.15) is 11.6 Å². The van der Waals surface area contributed by atoms with E-state index in [0.717, 1.165) is 5.56 Å². The molecule has 0 N–H and O–H groups in total. The van der Waals surface area contributed by atoms with Crippen LogP contribution in [0, 0.1) is 12.3 Å². The number of β-lactam (4-membered cyclic amide) rings is 1. The molecule has 2 saturated heterocycles. The van der Waals surface area contributed by atoms with E-state index >= 15 is 0 Å². The van der Waals surface area contributed by atoms with E-state index in [1.54, 1.807) is 0 Å². The first kappa shape index (κ1) is 17.7. The van der Waals surface area contributed by atoms with Crippen molar-refractivity contribution in [2.75, 3.05) is 13.2 Å². The summed E-state index contributed by atoms with van der Waals surface area (Å²) in [5, 5.41) is 0. The molecule has 1 aromatic rings. The second kappa shape index (κ2) is 6.82. The number of hydrogen-bond acceptors (Lipinski definition) is 5. The molecule has 1 aliphatic carbocycles. The minimum Gasteiger partial charge on any atom is -0.447 e. The third-order valence-corrected chi connectivity index (χ3v) is 5.13. The van der Waals surface area contributed by atoms with Crippen molar-refractivity contribution >= 4 is 23.6 Å². The van der Waals surface area contributed by atoms with Gasteiger partial charge in [-0.15, -0.1) is 6.42 Å². The van der Waals surface area contributed by atoms with Gasteiger partial charge < -0.3 is 9.64 Å². The third kappa shape index (κ3) is 2.70. The molecule has 0 aromatic heterocycles. The van der Waals surface area contributed by atoms with Crippen molar-refractivity contribution in [2.45, 2.75) is 18.1 Å². The molecule has 2 aliphatic heterocycles. The van der Waals surface area contributed by atoms with Crippen molar-refractivity contribution in [2.24, 2.45) is 0 Å². The average Bonchev–Trinajstić information content (AvgIpc) is 3.07. The second-order valence-electron chi connectivity index (χ2n) is 6.67. The number of ether oxygens (including phenoxy) is 1. The number of rotatable bonds is 4. The maximum absolute atomic E-state index is 12.8. The molecule has 1 aromatic carbocycles. The van der Waals surface area contributed by atoms with Crippen molar-refractivity contribution in [1.29, 1.82) is 0 Å². The lowest BCUT2D eigenvalue weighted by atomic mass is 9.82. The normalized spacial score (nSPS) is 26.7. The Hall–Kier alpha value is -3.66. The lowest BCUT2D eigenvalue weighted by molar-refractivity contribution is -0.154. The quantitative estimate of drug-likeness (QED) is 0.445. The minimum absolute atomic E-state index is 0.0264. The highest BCUT2D eigenvalue weighted by atomic mass is 16.6. The highest BCUT2D eigenvalue weighted by molar-refractivity contribution is 6.19. The molecule has 3 atom stereocenters. The van der Waals surface area contributed by atoms with E-state index in [9.17, 15) is 19.2 Å². The van der Waals surface area contributed by atoms with Gasteiger partial charge in [-0.2, -0.15) is 0 Å². The average molecular weight is 376 g/mol. The fourth-order valence-corrected chi connectivity index (χ4v) is 3.84. The summed E-state index contributed by atoms with van der Waals surface area (Å²) in [6, 6.07) is 6.98. The van der Waals surface area contributed by atoms with Crippen molar-refractivity contribution in [3.63, 3.8) is 0 Å². The summed E-state index contributed by atoms with van der Waals surface area (Å²) in [4.78, 5) is 52.2. The van der Waals surface area contributed by atoms with Gasteiger partial charge in [0.05, 0.1) is 18.6 Å². The van der Waals surface area contributed by atoms with Gasteiger partial charge in [0.15, 0.2) is 11.6 Å². The van der Waals surface area contributed by atoms with Crippen LogP contribution in [0.2, 0.25) is 0 Å². The number of hydrogen-bond donors (Lipinski definition) is 0. The molecule has 4 rings (SSSR count). The van der Waals surface area contributed by atoms with Gasteiger partial charge in [-0.25, -0.2) is 4.79 Å². The van der Waals surface area contributed by atoms with Gasteiger partial charge in [-0.3, -0.25) is 19.3 Å². The zero-order chi connectivity index (χ0) is 19.8. The van der Waals surface area contributed by atoms with Crippen molar-refractivity contribution in [3.05, 3.63) is 59.7 Å². The van der Waals surface area contributed by atoms with Crippen LogP contribution in [0.5, 0.6) is 0 Å². The summed E-state index contributed by atoms with van der Waals surface area (Å²) in [6.07, 6.45) is 8.27. The maximum Gasteiger partial charge on any atom is 0.411 e. The summed E-state index contributed by atoms with van der Waals surface area (Å²) in [5.74, 6) is 1.28. The van der Waals surface area contributed by atoms with Crippen LogP contribution in [0.3, 0.4) is 0 Å². The number of amides is 2. The van der Waals surface area contributed by atoms with Crippen LogP contribution in [-0.4, -0.2) is 58.6 Å². The zero-order valence-corrected chi connectivity index (χ0v) is 14.8. The Kier molecular flexibility index (Phi) is 4.32. The molecule has 2 fully saturated rings. The molecule has 28 heavy (non-hydrogen) atoms. The Morgan fingerprint density at radius 3 is 2.54 bits per heavy atom. The molecule has 2 heterocycles. The molecular formula is C21H16N2O5. The Bertz CT molecular complexity index is 972. The summed E-state index contributed by atoms with van der Waals surface area (Å²) in [6.45, 7) is 0.0712. The number of allylic oxidation sites excluding steroid dienone is 3. The molecule has 140 valence electrons. The van der Waals surface area contributed by atoms with Crippen LogP contribution in [0.25, 0.3) is 0 Å². The molecule has 7 nitrogen and oxygen atoms in total. The number of carbonyl (C=O) groups excluding carboxylic acids is 4. The molecule has 3 aliphatic rings. The first-order chi connectivity index (χ1) is 13.5. The van der Waals surface area contributed by atoms with Crippen LogP contribution in [0.15, 0.2) is 54.1 Å². The van der Waals surface area contributed by atoms with Crippen LogP contribution in [0.4, 0.5) is 4.79 Å². The highest BCUT2D eigenvalue weighted by Crippen LogP contribution is 2.39. The summed E-state index contributed by atoms with van der Waals surface area (Å²) < 4.78 is 5.21. The Balaban J connectivity index is 1.73. The van der Waals surface area contributed by atoms with Crippen LogP contribution < -0.4 is 0 Å². The number of benzene rings is 1. The SMILES string of the molecule is C#CCN1C(=O)[C@@H](N2C(=O)OC[C@@H]2c2ccccc2)[C@H]1C1=CC(=O)C=CC1=O. The molecule has 7 heteroatoms. The number of cyclic esters (lactones) is 1. The fourth-order valence-electron chi connectivity index (χ4n) is 3.84. The second-order valence-corrected chi connectivity index (χ2v) is 6.67. The van der Waals surface area contributed by atoms with E-state index in [1.807, 2.05) is 30.3 Å². The van der Waals surface area contributed by atoms with Gasteiger partial charge in [-0.1, -0.05) is 36.3 Å². The monoisotopic (exact) mass is 376 g/mol. The molecular weight excluding hydrogens is 360 g/mol. The van der Waals surface area contributed by atoms with E-state index in [4.69, 9.17) is 11.2 Å². The van der Waals surface area contributed by atoms with Gasteiger partial charge in [0.2, 0.25) is 5.91 Å². The summed E-state index contributed by atoms with van der Waals surface area (Å²) >= 11 is 0. The van der Waals surface area contributed by atoms with Crippen molar-refractivity contribution in [3.8, 4) is 12.3 Å². The number of carbonyl (C=O) groups is 4. The zero-order valence-electron chi connectivity index (χ0n) is 14.8. The van der Waals surface area contributed by atoms with Crippen LogP contribution in [-0.2, 0) is 19.1 Å². The number of terminal acetylenes is 1. The van der Waals surface area contributed by atoms with Crippen molar-refractivity contribution < 1.29 is 23.9 Å². The summed E-state index contributed by atoms with van der Waals surface area (Å²) in [5.41, 5.74) is 0.967. The molecule has 0 saturated carbocycles. The number of likely N-dealkylation sites (tertiary alicyclic amines) is 1. The van der Waals surface area contributed by atoms with E-state index in [2.05, 4.69) is 5.92 Å². The standard InChI is InChI=1S/C21H16N2O5/c1-2-10-22-18(15-11-14(24)8-9-17(15)25)19(20(22)26)23-16(12-28-21(23)27)13-6-4-3-5-7-13/h1,3-9,11,16,18-19H,10,12H2/t16-,18-,19+/m1/s1. The lowest BCUT2D eigenvalue weighted by Crippen LogP contribution is -2.72. The molecule has 0 unspecified atom stereocenters. The molecule has 0 radical (unpaired) electrons. The smallest absolute Gasteiger partial charge is 0.411 e. The minimum atomic E-state index is -0.956. The van der Waals surface area contributed by atoms with Gasteiger partial charge in [0.1, 0.15) is 12.6 Å². The van der Waals surface area contributed by atoms with Gasteiger partial charge >= 0.3 is 6.09 Å². The first-order valence-electron chi connectivity index (χ1n) is 8.75. The highest BCUT2D eigenvalue weighted by Gasteiger charge is 2.57. The third-order valence-electron chi connectivity index (χ3n) is 5.13. The Morgan fingerprint density at radius 1 is 1.07 bits per heavy atom. The van der Waals surface area contributed by atoms with Gasteiger partial charge in [0, 0.05) is 5.57 Å². The van der Waals surface area contributed by atoms with E-state index < -0.39 is 24.2 Å². The predicted octanol–water partition coefficient (Wildman–Crippen LogP) is 1.03. The van der Waals surface area contributed by atoms with E-state index in [0.29, 0.717) is 0 Å². The number of nitrogens with zero attached hydrogens (tertiary/aromatic N) is 2. The van der Waals surface area contributed by atoms with Gasteiger partial charge in [0.25, 0.3) is 0 Å². The Labute approximate surface area is 161 Å². The molecule has 0 spiro atoms. The first-order valence-corrected chi connectivity index (χ1v) is 8.75. The maximum atomic E-state index is 12.8. The molecule has 2 amide bonds. The van der Waals surface area contributed by atoms with E-state index in [1.165, 1.54) is 28.0 Å². The van der Waals surface area contributed by atoms with Crippen molar-refractivity contribution in [1.82, 2.24) is 9.80 Å². The topological polar surface area (TPSA) is 84.0 Å². The predicted molar refractivity (Wildman–Crippen MR) is 97.7 cm³/mol. The van der Waals surface area contributed by atoms with Gasteiger partial charge in [-0.05, 0) is 23.8 Å². The summed E-state index contributed by atoms with van der Waals surface area (Å²) in [7, 11) is 0. The fraction of sp³-hybridized carbons (Fsp3) is 0.238. The van der Waals surface area contributed by atoms with Crippen LogP contribution >= 0.6 is 0 Å². The molecule has 0 bridgehead atoms. The lowest BCUT2D eigenvalue weighted by Gasteiger charge is -2.50. The number of ketones is 2. The van der Waals surface area contributed by atoms with E-state index in [-0.39, 0.29) is 36.2 Å². The largest absolute Gasteiger partial charge is 0.447 e.